The zero-order chi connectivity index (χ0) is 27.4. The number of aliphatic hydroxyl groups excluding tert-OH is 1. The molecule has 0 radical (unpaired) electrons. The van der Waals surface area contributed by atoms with Gasteiger partial charge in [0.25, 0.3) is 0 Å². The van der Waals surface area contributed by atoms with Gasteiger partial charge in [-0.15, -0.1) is 0 Å². The molecule has 4 aliphatic rings. The lowest BCUT2D eigenvalue weighted by atomic mass is 9.81. The SMILES string of the molecule is CC[C@@]1(O)C(=O)OCc2c1cc1n(c2=S)Cc2c-1nc1cc(F)c(C)c3c1c2[C@@H](NC(=S)[C@@H]1C[C@H]1CO)CC3. The predicted molar refractivity (Wildman–Crippen MR) is 149 cm³/mol. The van der Waals surface area contributed by atoms with Crippen LogP contribution >= 0.6 is 24.4 Å². The summed E-state index contributed by atoms with van der Waals surface area (Å²) in [4.78, 5) is 18.3. The van der Waals surface area contributed by atoms with Gasteiger partial charge in [-0.25, -0.2) is 14.2 Å². The van der Waals surface area contributed by atoms with E-state index in [1.165, 1.54) is 6.07 Å². The molecule has 2 aromatic heterocycles. The summed E-state index contributed by atoms with van der Waals surface area (Å²) in [6.07, 6.45) is 2.47. The first-order valence-corrected chi connectivity index (χ1v) is 14.2. The second-order valence-corrected chi connectivity index (χ2v) is 12.0. The highest BCUT2D eigenvalue weighted by Crippen LogP contribution is 2.48. The van der Waals surface area contributed by atoms with Gasteiger partial charge in [0, 0.05) is 40.7 Å². The average molecular weight is 566 g/mol. The lowest BCUT2D eigenvalue weighted by Gasteiger charge is -2.32. The highest BCUT2D eigenvalue weighted by Gasteiger charge is 2.45. The molecule has 0 bridgehead atoms. The van der Waals surface area contributed by atoms with Crippen molar-refractivity contribution in [2.24, 2.45) is 11.8 Å². The first-order chi connectivity index (χ1) is 18.7. The zero-order valence-electron chi connectivity index (χ0n) is 21.6. The van der Waals surface area contributed by atoms with Crippen molar-refractivity contribution in [3.8, 4) is 11.4 Å². The van der Waals surface area contributed by atoms with Gasteiger partial charge in [0.1, 0.15) is 17.1 Å². The molecule has 10 heteroatoms. The second-order valence-electron chi connectivity index (χ2n) is 11.2. The van der Waals surface area contributed by atoms with Crippen LogP contribution in [-0.4, -0.2) is 37.3 Å². The number of esters is 1. The number of rotatable bonds is 4. The van der Waals surface area contributed by atoms with Crippen molar-refractivity contribution in [3.63, 3.8) is 0 Å². The van der Waals surface area contributed by atoms with Gasteiger partial charge in [0.05, 0.1) is 34.5 Å². The number of fused-ring (bicyclic) bond motifs is 5. The Bertz CT molecular complexity index is 1700. The maximum absolute atomic E-state index is 15.1. The summed E-state index contributed by atoms with van der Waals surface area (Å²) in [5, 5.41) is 25.4. The summed E-state index contributed by atoms with van der Waals surface area (Å²) in [7, 11) is 0. The summed E-state index contributed by atoms with van der Waals surface area (Å²) in [5.41, 5.74) is 4.90. The number of pyridine rings is 2. The molecular formula is C29H28FN3O4S2. The molecule has 2 aliphatic heterocycles. The van der Waals surface area contributed by atoms with Gasteiger partial charge in [-0.1, -0.05) is 31.4 Å². The van der Waals surface area contributed by atoms with E-state index in [1.807, 2.05) is 17.6 Å². The molecule has 4 heterocycles. The first kappa shape index (κ1) is 25.2. The molecule has 3 N–H and O–H groups in total. The number of aliphatic hydroxyl groups is 2. The zero-order valence-corrected chi connectivity index (χ0v) is 23.3. The number of hydrogen-bond acceptors (Lipinski definition) is 7. The Morgan fingerprint density at radius 1 is 1.33 bits per heavy atom. The summed E-state index contributed by atoms with van der Waals surface area (Å²) in [6, 6.07) is 3.21. The van der Waals surface area contributed by atoms with Crippen LogP contribution in [0.25, 0.3) is 22.3 Å². The molecule has 0 unspecified atom stereocenters. The molecule has 1 fully saturated rings. The molecule has 1 saturated carbocycles. The predicted octanol–water partition coefficient (Wildman–Crippen LogP) is 4.43. The van der Waals surface area contributed by atoms with E-state index in [0.29, 0.717) is 51.2 Å². The number of carbonyl (C=O) groups excluding carboxylic acids is 1. The van der Waals surface area contributed by atoms with Crippen LogP contribution in [0.4, 0.5) is 4.39 Å². The lowest BCUT2D eigenvalue weighted by Crippen LogP contribution is -2.41. The van der Waals surface area contributed by atoms with E-state index in [9.17, 15) is 15.0 Å². The average Bonchev–Trinajstić information content (AvgIpc) is 3.64. The van der Waals surface area contributed by atoms with Gasteiger partial charge < -0.3 is 24.8 Å². The number of nitrogens with one attached hydrogen (secondary N) is 1. The number of nitrogens with zero attached hydrogens (tertiary/aromatic N) is 2. The van der Waals surface area contributed by atoms with Gasteiger partial charge in [0.2, 0.25) is 0 Å². The number of ether oxygens (including phenoxy) is 1. The van der Waals surface area contributed by atoms with Crippen LogP contribution in [0.3, 0.4) is 0 Å². The molecule has 202 valence electrons. The molecule has 0 amide bonds. The standard InChI is InChI=1S/C29H28FN3O4S2/c1-3-29(36)18-7-22-25-16(9-33(22)27(39)17(18)11-37-28(29)35)24-20(32-26(38)15-6-13(15)10-34)5-4-14-12(2)19(30)8-21(31-25)23(14)24/h7-8,13,15,20,34,36H,3-6,9-11H2,1-2H3,(H,32,38)/t13-,15+,20-,29-/m0/s1. The number of benzene rings is 1. The Labute approximate surface area is 235 Å². The van der Waals surface area contributed by atoms with Gasteiger partial charge >= 0.3 is 5.97 Å². The van der Waals surface area contributed by atoms with E-state index >= 15 is 4.39 Å². The molecule has 0 saturated heterocycles. The minimum Gasteiger partial charge on any atom is -0.458 e. The Hall–Kier alpha value is -2.79. The highest BCUT2D eigenvalue weighted by atomic mass is 32.1. The number of aryl methyl sites for hydroxylation is 1. The number of thiocarbonyl (C=S) groups is 1. The van der Waals surface area contributed by atoms with Gasteiger partial charge in [-0.2, -0.15) is 0 Å². The van der Waals surface area contributed by atoms with Crippen LogP contribution in [-0.2, 0) is 34.7 Å². The van der Waals surface area contributed by atoms with E-state index in [2.05, 4.69) is 5.32 Å². The number of cyclic esters (lactones) is 1. The minimum absolute atomic E-state index is 0.00855. The third kappa shape index (κ3) is 3.44. The van der Waals surface area contributed by atoms with E-state index in [1.54, 1.807) is 6.92 Å². The van der Waals surface area contributed by atoms with Crippen molar-refractivity contribution < 1.29 is 24.1 Å². The van der Waals surface area contributed by atoms with Crippen LogP contribution in [0.5, 0.6) is 0 Å². The molecular weight excluding hydrogens is 537 g/mol. The smallest absolute Gasteiger partial charge is 0.343 e. The van der Waals surface area contributed by atoms with Crippen LogP contribution in [0.1, 0.15) is 65.6 Å². The molecule has 39 heavy (non-hydrogen) atoms. The quantitative estimate of drug-likeness (QED) is 0.247. The number of halogens is 1. The number of aromatic nitrogens is 2. The van der Waals surface area contributed by atoms with Crippen molar-refractivity contribution in [2.75, 3.05) is 6.61 Å². The van der Waals surface area contributed by atoms with Gasteiger partial charge in [-0.3, -0.25) is 0 Å². The first-order valence-electron chi connectivity index (χ1n) is 13.4. The van der Waals surface area contributed by atoms with Gasteiger partial charge in [-0.05, 0) is 61.3 Å². The molecule has 7 rings (SSSR count). The molecule has 1 aromatic carbocycles. The second kappa shape index (κ2) is 8.60. The highest BCUT2D eigenvalue weighted by molar-refractivity contribution is 7.80. The fourth-order valence-corrected chi connectivity index (χ4v) is 7.51. The lowest BCUT2D eigenvalue weighted by molar-refractivity contribution is -0.172. The molecule has 7 nitrogen and oxygen atoms in total. The molecule has 4 atom stereocenters. The Balaban J connectivity index is 1.45. The normalized spacial score (nSPS) is 26.1. The largest absolute Gasteiger partial charge is 0.458 e. The van der Waals surface area contributed by atoms with Crippen molar-refractivity contribution >= 4 is 46.3 Å². The van der Waals surface area contributed by atoms with E-state index in [4.69, 9.17) is 34.2 Å². The number of hydrogen-bond donors (Lipinski definition) is 3. The fraction of sp³-hybridized carbons (Fsp3) is 0.448. The van der Waals surface area contributed by atoms with Crippen LogP contribution in [0.2, 0.25) is 0 Å². The van der Waals surface area contributed by atoms with Crippen LogP contribution in [0.15, 0.2) is 12.1 Å². The topological polar surface area (TPSA) is 96.6 Å². The van der Waals surface area contributed by atoms with Crippen molar-refractivity contribution in [3.05, 3.63) is 56.0 Å². The minimum atomic E-state index is -1.79. The maximum Gasteiger partial charge on any atom is 0.343 e. The Morgan fingerprint density at radius 3 is 2.85 bits per heavy atom. The fourth-order valence-electron chi connectivity index (χ4n) is 6.75. The summed E-state index contributed by atoms with van der Waals surface area (Å²) in [6.45, 7) is 4.15. The molecule has 2 aliphatic carbocycles. The van der Waals surface area contributed by atoms with E-state index < -0.39 is 11.6 Å². The molecule has 0 spiro atoms. The molecule has 3 aromatic rings. The summed E-state index contributed by atoms with van der Waals surface area (Å²) < 4.78 is 22.9. The Kier molecular flexibility index (Phi) is 5.56. The Morgan fingerprint density at radius 2 is 2.13 bits per heavy atom. The van der Waals surface area contributed by atoms with E-state index in [0.717, 1.165) is 39.9 Å². The van der Waals surface area contributed by atoms with Crippen molar-refractivity contribution in [1.82, 2.24) is 14.9 Å². The maximum atomic E-state index is 15.1. The summed E-state index contributed by atoms with van der Waals surface area (Å²) >= 11 is 11.7. The monoisotopic (exact) mass is 565 g/mol. The van der Waals surface area contributed by atoms with Crippen molar-refractivity contribution in [1.29, 1.82) is 0 Å². The summed E-state index contributed by atoms with van der Waals surface area (Å²) in [5.74, 6) is -0.590. The third-order valence-corrected chi connectivity index (χ3v) is 10.1. The number of carbonyl (C=O) groups is 1. The van der Waals surface area contributed by atoms with Gasteiger partial charge in [0.15, 0.2) is 5.60 Å². The van der Waals surface area contributed by atoms with Crippen LogP contribution < -0.4 is 5.32 Å². The van der Waals surface area contributed by atoms with E-state index in [-0.39, 0.29) is 43.3 Å². The third-order valence-electron chi connectivity index (χ3n) is 9.19. The van der Waals surface area contributed by atoms with Crippen LogP contribution in [0, 0.1) is 29.2 Å². The van der Waals surface area contributed by atoms with Crippen molar-refractivity contribution in [2.45, 2.75) is 64.3 Å².